The lowest BCUT2D eigenvalue weighted by Crippen LogP contribution is -2.47. The van der Waals surface area contributed by atoms with Gasteiger partial charge in [0, 0.05) is 126 Å². The van der Waals surface area contributed by atoms with Gasteiger partial charge in [0.2, 0.25) is 0 Å². The highest BCUT2D eigenvalue weighted by molar-refractivity contribution is 6.32. The van der Waals surface area contributed by atoms with Gasteiger partial charge >= 0.3 is 0 Å². The normalized spacial score (nSPS) is 17.1. The zero-order valence-corrected chi connectivity index (χ0v) is 34.7. The van der Waals surface area contributed by atoms with E-state index < -0.39 is 0 Å². The molecule has 12 nitrogen and oxygen atoms in total. The number of nitrogens with zero attached hydrogens (tertiary/aromatic N) is 6. The van der Waals surface area contributed by atoms with Crippen LogP contribution in [-0.4, -0.2) is 162 Å². The summed E-state index contributed by atoms with van der Waals surface area (Å²) in [5, 5.41) is 4.99. The van der Waals surface area contributed by atoms with Crippen molar-refractivity contribution in [3.05, 3.63) is 105 Å². The molecule has 3 N–H and O–H groups in total. The second-order valence-electron chi connectivity index (χ2n) is 15.0. The Labute approximate surface area is 347 Å². The summed E-state index contributed by atoms with van der Waals surface area (Å²) in [5.74, 6) is 0.210. The van der Waals surface area contributed by atoms with Gasteiger partial charge in [0.1, 0.15) is 17.1 Å². The summed E-state index contributed by atoms with van der Waals surface area (Å²) in [4.78, 5) is 59.1. The molecular formula is C42H48Cl3N9O3. The van der Waals surface area contributed by atoms with Gasteiger partial charge in [0.05, 0.1) is 0 Å². The van der Waals surface area contributed by atoms with Crippen molar-refractivity contribution in [3.63, 3.8) is 0 Å². The van der Waals surface area contributed by atoms with Gasteiger partial charge < -0.3 is 44.4 Å². The number of halogens is 3. The number of likely N-dealkylation sites (N-methyl/N-ethyl adjacent to an activating group) is 3. The van der Waals surface area contributed by atoms with Crippen LogP contribution in [-0.2, 0) is 0 Å². The lowest BCUT2D eigenvalue weighted by atomic mass is 10.2. The number of hydrogen-bond donors (Lipinski definition) is 3. The van der Waals surface area contributed by atoms with E-state index in [1.54, 1.807) is 0 Å². The number of carbonyl (C=O) groups is 3. The number of amides is 3. The average Bonchev–Trinajstić information content (AvgIpc) is 3.95. The van der Waals surface area contributed by atoms with Gasteiger partial charge in [0.15, 0.2) is 0 Å². The van der Waals surface area contributed by atoms with E-state index in [1.807, 2.05) is 87.5 Å². The lowest BCUT2D eigenvalue weighted by Gasteiger charge is -2.32. The Kier molecular flexibility index (Phi) is 12.8. The molecule has 6 heterocycles. The number of hydrogen-bond acceptors (Lipinski definition) is 6. The lowest BCUT2D eigenvalue weighted by molar-refractivity contribution is 0.0652. The Morgan fingerprint density at radius 3 is 0.895 bits per heavy atom. The van der Waals surface area contributed by atoms with E-state index in [2.05, 4.69) is 50.8 Å². The molecule has 9 rings (SSSR count). The smallest absolute Gasteiger partial charge is 0.270 e. The Balaban J connectivity index is 0.000000131. The van der Waals surface area contributed by atoms with Crippen molar-refractivity contribution < 1.29 is 14.4 Å². The summed E-state index contributed by atoms with van der Waals surface area (Å²) in [6.07, 6.45) is 0. The van der Waals surface area contributed by atoms with Crippen LogP contribution in [0.2, 0.25) is 15.1 Å². The number of rotatable bonds is 3. The third-order valence-electron chi connectivity index (χ3n) is 10.8. The first-order valence-corrected chi connectivity index (χ1v) is 20.3. The van der Waals surface area contributed by atoms with E-state index in [0.717, 1.165) is 111 Å². The van der Waals surface area contributed by atoms with Gasteiger partial charge in [-0.3, -0.25) is 14.4 Å². The quantitative estimate of drug-likeness (QED) is 0.185. The minimum atomic E-state index is 0.0698. The van der Waals surface area contributed by atoms with Gasteiger partial charge in [-0.2, -0.15) is 0 Å². The summed E-state index contributed by atoms with van der Waals surface area (Å²) in [6, 6.07) is 22.4. The number of carbonyl (C=O) groups excluding carboxylic acids is 3. The van der Waals surface area contributed by atoms with Crippen LogP contribution in [0, 0.1) is 0 Å². The number of fused-ring (bicyclic) bond motifs is 3. The Hall–Kier alpha value is -4.56. The molecule has 3 aromatic heterocycles. The Bertz CT molecular complexity index is 2100. The maximum Gasteiger partial charge on any atom is 0.270 e. The van der Waals surface area contributed by atoms with Crippen molar-refractivity contribution in [1.29, 1.82) is 0 Å². The molecule has 0 unspecified atom stereocenters. The van der Waals surface area contributed by atoms with E-state index in [1.165, 1.54) is 0 Å². The first-order chi connectivity index (χ1) is 27.4. The monoisotopic (exact) mass is 831 g/mol. The second-order valence-corrected chi connectivity index (χ2v) is 16.3. The highest BCUT2D eigenvalue weighted by Gasteiger charge is 2.24. The van der Waals surface area contributed by atoms with E-state index in [4.69, 9.17) is 34.8 Å². The number of H-pyrrole nitrogens is 3. The summed E-state index contributed by atoms with van der Waals surface area (Å²) < 4.78 is 0. The van der Waals surface area contributed by atoms with Crippen LogP contribution in [0.25, 0.3) is 32.7 Å². The second kappa shape index (κ2) is 17.9. The number of piperazine rings is 3. The summed E-state index contributed by atoms with van der Waals surface area (Å²) >= 11 is 17.9. The minimum absolute atomic E-state index is 0.0698. The third-order valence-corrected chi connectivity index (χ3v) is 11.5. The van der Waals surface area contributed by atoms with Crippen molar-refractivity contribution in [2.24, 2.45) is 0 Å². The Morgan fingerprint density at radius 2 is 0.649 bits per heavy atom. The molecule has 0 bridgehead atoms. The van der Waals surface area contributed by atoms with Crippen molar-refractivity contribution in [1.82, 2.24) is 44.4 Å². The van der Waals surface area contributed by atoms with E-state index in [0.29, 0.717) is 32.1 Å². The molecule has 57 heavy (non-hydrogen) atoms. The molecule has 3 aromatic carbocycles. The molecule has 0 atom stereocenters. The third kappa shape index (κ3) is 9.95. The van der Waals surface area contributed by atoms with Gasteiger partial charge in [0.25, 0.3) is 17.7 Å². The number of aromatic amines is 3. The van der Waals surface area contributed by atoms with Crippen LogP contribution in [0.15, 0.2) is 72.8 Å². The molecule has 300 valence electrons. The standard InChI is InChI=1S/3C14H16ClN3O/c3*1-17-4-6-18(7-5-17)14(19)13-9-10-8-11(15)2-3-12(10)16-13/h3*2-3,8-9,16H,4-7H2,1H3. The van der Waals surface area contributed by atoms with Gasteiger partial charge in [-0.05, 0) is 93.9 Å². The first-order valence-electron chi connectivity index (χ1n) is 19.2. The summed E-state index contributed by atoms with van der Waals surface area (Å²) in [7, 11) is 6.23. The predicted molar refractivity (Wildman–Crippen MR) is 230 cm³/mol. The van der Waals surface area contributed by atoms with Crippen LogP contribution in [0.4, 0.5) is 0 Å². The van der Waals surface area contributed by atoms with Crippen LogP contribution in [0.1, 0.15) is 31.5 Å². The van der Waals surface area contributed by atoms with Crippen molar-refractivity contribution in [2.75, 3.05) is 99.7 Å². The molecule has 3 amide bonds. The largest absolute Gasteiger partial charge is 0.351 e. The zero-order chi connectivity index (χ0) is 40.2. The van der Waals surface area contributed by atoms with Crippen LogP contribution in [0.3, 0.4) is 0 Å². The molecular weight excluding hydrogens is 785 g/mol. The van der Waals surface area contributed by atoms with Crippen LogP contribution < -0.4 is 0 Å². The average molecular weight is 833 g/mol. The molecule has 6 aromatic rings. The molecule has 0 spiro atoms. The molecule has 15 heteroatoms. The van der Waals surface area contributed by atoms with Gasteiger partial charge in [-0.1, -0.05) is 34.8 Å². The molecule has 3 aliphatic heterocycles. The summed E-state index contributed by atoms with van der Waals surface area (Å²) in [6.45, 7) is 10.3. The summed E-state index contributed by atoms with van der Waals surface area (Å²) in [5.41, 5.74) is 4.76. The molecule has 3 fully saturated rings. The highest BCUT2D eigenvalue weighted by atomic mass is 35.5. The Morgan fingerprint density at radius 1 is 0.404 bits per heavy atom. The maximum atomic E-state index is 12.4. The van der Waals surface area contributed by atoms with Crippen molar-refractivity contribution >= 4 is 85.2 Å². The fourth-order valence-corrected chi connectivity index (χ4v) is 7.74. The molecule has 0 aliphatic carbocycles. The van der Waals surface area contributed by atoms with Crippen LogP contribution in [0.5, 0.6) is 0 Å². The molecule has 3 aliphatic rings. The van der Waals surface area contributed by atoms with Gasteiger partial charge in [-0.25, -0.2) is 0 Å². The fourth-order valence-electron chi connectivity index (χ4n) is 7.20. The van der Waals surface area contributed by atoms with E-state index in [-0.39, 0.29) is 17.7 Å². The minimum Gasteiger partial charge on any atom is -0.351 e. The van der Waals surface area contributed by atoms with Crippen LogP contribution >= 0.6 is 34.8 Å². The number of benzene rings is 3. The zero-order valence-electron chi connectivity index (χ0n) is 32.5. The van der Waals surface area contributed by atoms with E-state index in [9.17, 15) is 14.4 Å². The SMILES string of the molecule is CN1CCN(C(=O)c2cc3cc(Cl)ccc3[nH]2)CC1.CN1CCN(C(=O)c2cc3cc(Cl)ccc3[nH]2)CC1.CN1CCN(C(=O)c2cc3cc(Cl)ccc3[nH]2)CC1. The predicted octanol–water partition coefficient (Wildman–Crippen LogP) is 6.63. The molecule has 0 saturated carbocycles. The maximum absolute atomic E-state index is 12.4. The molecule has 3 saturated heterocycles. The number of aromatic nitrogens is 3. The van der Waals surface area contributed by atoms with Gasteiger partial charge in [-0.15, -0.1) is 0 Å². The highest BCUT2D eigenvalue weighted by Crippen LogP contribution is 2.24. The van der Waals surface area contributed by atoms with Crippen molar-refractivity contribution in [3.8, 4) is 0 Å². The van der Waals surface area contributed by atoms with Crippen molar-refractivity contribution in [2.45, 2.75) is 0 Å². The van der Waals surface area contributed by atoms with E-state index >= 15 is 0 Å². The topological polar surface area (TPSA) is 118 Å². The molecule has 0 radical (unpaired) electrons. The fraction of sp³-hybridized carbons (Fsp3) is 0.357. The first kappa shape index (κ1) is 40.6. The number of nitrogens with one attached hydrogen (secondary N) is 3.